The van der Waals surface area contributed by atoms with E-state index in [-0.39, 0.29) is 33.4 Å². The molecule has 4 saturated carbocycles. The number of ether oxygens (including phenoxy) is 1. The first-order valence-electron chi connectivity index (χ1n) is 18.8. The molecular weight excluding hydrogens is 695 g/mol. The zero-order valence-corrected chi connectivity index (χ0v) is 32.2. The molecule has 2 N–H and O–H groups in total. The van der Waals surface area contributed by atoms with E-state index in [2.05, 4.69) is 35.8 Å². The Kier molecular flexibility index (Phi) is 7.93. The summed E-state index contributed by atoms with van der Waals surface area (Å²) in [6.07, 6.45) is 8.66. The van der Waals surface area contributed by atoms with Gasteiger partial charge in [0.1, 0.15) is 0 Å². The topological polar surface area (TPSA) is 119 Å². The van der Waals surface area contributed by atoms with Crippen molar-refractivity contribution in [3.63, 3.8) is 0 Å². The number of nitrogens with one attached hydrogen (secondary N) is 1. The number of carbonyl (C=O) groups is 2. The molecule has 10 rings (SSSR count). The van der Waals surface area contributed by atoms with Gasteiger partial charge >= 0.3 is 5.97 Å². The monoisotopic (exact) mass is 739 g/mol. The number of para-hydroxylation sites is 1. The number of amides is 1. The third-order valence-electron chi connectivity index (χ3n) is 13.0. The largest absolute Gasteiger partial charge is 0.476 e. The Bertz CT molecular complexity index is 2470. The molecule has 0 saturated heterocycles. The van der Waals surface area contributed by atoms with Crippen LogP contribution in [0.25, 0.3) is 43.4 Å². The first kappa shape index (κ1) is 34.8. The van der Waals surface area contributed by atoms with Crippen molar-refractivity contribution in [3.05, 3.63) is 95.9 Å². The molecule has 3 aromatic carbocycles. The lowest BCUT2D eigenvalue weighted by Gasteiger charge is -2.70. The number of pyridine rings is 1. The summed E-state index contributed by atoms with van der Waals surface area (Å²) >= 11 is 1.43. The van der Waals surface area contributed by atoms with Gasteiger partial charge in [-0.1, -0.05) is 68.5 Å². The summed E-state index contributed by atoms with van der Waals surface area (Å²) in [7, 11) is 1.90. The Morgan fingerprint density at radius 2 is 1.78 bits per heavy atom. The lowest BCUT2D eigenvalue weighted by molar-refractivity contribution is -0.254. The van der Waals surface area contributed by atoms with Gasteiger partial charge in [0, 0.05) is 41.6 Å². The predicted octanol–water partition coefficient (Wildman–Crippen LogP) is 10.0. The number of hydrogen-bond acceptors (Lipinski definition) is 7. The van der Waals surface area contributed by atoms with Gasteiger partial charge in [0.25, 0.3) is 5.91 Å². The maximum absolute atomic E-state index is 13.6. The highest BCUT2D eigenvalue weighted by molar-refractivity contribution is 7.22. The number of thiazole rings is 1. The molecule has 4 atom stereocenters. The van der Waals surface area contributed by atoms with Gasteiger partial charge in [-0.2, -0.15) is 5.10 Å². The molecule has 4 bridgehead atoms. The van der Waals surface area contributed by atoms with Gasteiger partial charge in [-0.25, -0.2) is 14.8 Å². The van der Waals surface area contributed by atoms with Gasteiger partial charge in [0.05, 0.1) is 27.7 Å². The number of hydrogen-bond donors (Lipinski definition) is 2. The van der Waals surface area contributed by atoms with E-state index in [0.29, 0.717) is 33.4 Å². The van der Waals surface area contributed by atoms with E-state index in [1.54, 1.807) is 12.3 Å². The average Bonchev–Trinajstić information content (AvgIpc) is 3.71. The fraction of sp³-hybridized carbons (Fsp3) is 0.386. The SMILES string of the molecule is COC12CC3(C)CC(Cn4ncc(-c5ccc(-c6ccc7cccc(C(=O)Nc8nc9ccccc9s8)c7c6)nc5C(=O)O)c4C)(C1)CC(C(C)C)(C3)C2. The fourth-order valence-corrected chi connectivity index (χ4v) is 12.1. The number of aromatic carboxylic acids is 1. The number of rotatable bonds is 9. The summed E-state index contributed by atoms with van der Waals surface area (Å²) in [5, 5.41) is 20.5. The quantitative estimate of drug-likeness (QED) is 0.152. The van der Waals surface area contributed by atoms with Crippen molar-refractivity contribution in [2.75, 3.05) is 12.4 Å². The minimum absolute atomic E-state index is 0.0310. The fourth-order valence-electron chi connectivity index (χ4n) is 11.3. The van der Waals surface area contributed by atoms with E-state index in [1.807, 2.05) is 80.8 Å². The van der Waals surface area contributed by atoms with Gasteiger partial charge in [-0.05, 0) is 115 Å². The molecule has 4 unspecified atom stereocenters. The Balaban J connectivity index is 1.03. The van der Waals surface area contributed by atoms with E-state index in [4.69, 9.17) is 14.8 Å². The van der Waals surface area contributed by atoms with Crippen LogP contribution in [0.15, 0.2) is 79.0 Å². The predicted molar refractivity (Wildman–Crippen MR) is 213 cm³/mol. The van der Waals surface area contributed by atoms with Crippen LogP contribution >= 0.6 is 11.3 Å². The Hall–Kier alpha value is -4.93. The van der Waals surface area contributed by atoms with Crippen LogP contribution in [-0.2, 0) is 11.3 Å². The number of carbonyl (C=O) groups excluding carboxylic acids is 1. The van der Waals surface area contributed by atoms with Crippen LogP contribution in [0.3, 0.4) is 0 Å². The first-order chi connectivity index (χ1) is 25.8. The van der Waals surface area contributed by atoms with E-state index in [9.17, 15) is 14.7 Å². The molecule has 0 spiro atoms. The zero-order valence-electron chi connectivity index (χ0n) is 31.4. The Morgan fingerprint density at radius 3 is 2.56 bits per heavy atom. The van der Waals surface area contributed by atoms with Crippen molar-refractivity contribution in [2.24, 2.45) is 22.2 Å². The molecule has 4 fully saturated rings. The van der Waals surface area contributed by atoms with Gasteiger partial charge < -0.3 is 9.84 Å². The van der Waals surface area contributed by atoms with E-state index < -0.39 is 5.97 Å². The first-order valence-corrected chi connectivity index (χ1v) is 19.7. The highest BCUT2D eigenvalue weighted by Crippen LogP contribution is 2.73. The minimum atomic E-state index is -1.11. The summed E-state index contributed by atoms with van der Waals surface area (Å²) in [6, 6.07) is 22.8. The lowest BCUT2D eigenvalue weighted by atomic mass is 9.37. The summed E-state index contributed by atoms with van der Waals surface area (Å²) < 4.78 is 9.50. The van der Waals surface area contributed by atoms with Crippen LogP contribution in [0.2, 0.25) is 0 Å². The molecule has 4 aliphatic rings. The normalized spacial score (nSPS) is 25.9. The van der Waals surface area contributed by atoms with Crippen molar-refractivity contribution in [1.29, 1.82) is 0 Å². The van der Waals surface area contributed by atoms with Crippen molar-refractivity contribution in [2.45, 2.75) is 78.4 Å². The van der Waals surface area contributed by atoms with Crippen LogP contribution in [0.5, 0.6) is 0 Å². The summed E-state index contributed by atoms with van der Waals surface area (Å²) in [6.45, 7) is 10.1. The van der Waals surface area contributed by atoms with Crippen molar-refractivity contribution < 1.29 is 19.4 Å². The van der Waals surface area contributed by atoms with Gasteiger partial charge in [0.2, 0.25) is 0 Å². The molecule has 0 radical (unpaired) electrons. The van der Waals surface area contributed by atoms with Crippen molar-refractivity contribution in [3.8, 4) is 22.4 Å². The maximum Gasteiger partial charge on any atom is 0.355 e. The van der Waals surface area contributed by atoms with E-state index in [0.717, 1.165) is 64.5 Å². The molecular formula is C44H45N5O4S. The third-order valence-corrected chi connectivity index (χ3v) is 14.0. The molecule has 1 amide bonds. The molecule has 10 heteroatoms. The van der Waals surface area contributed by atoms with Crippen LogP contribution in [0.1, 0.15) is 85.8 Å². The molecule has 276 valence electrons. The number of carboxylic acid groups (broad SMARTS) is 1. The number of fused-ring (bicyclic) bond motifs is 2. The number of methoxy groups -OCH3 is 1. The standard InChI is InChI=1S/C44H45N5O4S/c1-26(2)43-20-41(4)19-42(22-43,23-44(21-41,24-43)53-5)25-49-27(3)33(18-45-49)30-15-16-34(46-37(30)39(51)52)29-14-13-28-9-8-10-31(32(28)17-29)38(50)48-40-47-35-11-6-7-12-36(35)54-40/h6-18,26H,19-25H2,1-5H3,(H,51,52)(H,47,48,50). The molecule has 6 aromatic rings. The number of carboxylic acids is 1. The third kappa shape index (κ3) is 5.64. The van der Waals surface area contributed by atoms with Crippen LogP contribution in [0.4, 0.5) is 5.13 Å². The summed E-state index contributed by atoms with van der Waals surface area (Å²) in [5.41, 5.74) is 5.22. The van der Waals surface area contributed by atoms with E-state index in [1.165, 1.54) is 24.2 Å². The number of aromatic nitrogens is 4. The average molecular weight is 740 g/mol. The highest BCUT2D eigenvalue weighted by Gasteiger charge is 2.67. The summed E-state index contributed by atoms with van der Waals surface area (Å²) in [5.74, 6) is -0.803. The Labute approximate surface area is 318 Å². The molecule has 3 heterocycles. The molecule has 4 aliphatic carbocycles. The molecule has 54 heavy (non-hydrogen) atoms. The number of anilines is 1. The van der Waals surface area contributed by atoms with Gasteiger partial charge in [0.15, 0.2) is 10.8 Å². The van der Waals surface area contributed by atoms with Crippen molar-refractivity contribution in [1.82, 2.24) is 19.7 Å². The second-order valence-corrected chi connectivity index (χ2v) is 18.2. The Morgan fingerprint density at radius 1 is 0.944 bits per heavy atom. The van der Waals surface area contributed by atoms with Crippen LogP contribution < -0.4 is 5.32 Å². The summed E-state index contributed by atoms with van der Waals surface area (Å²) in [4.78, 5) is 35.7. The van der Waals surface area contributed by atoms with Crippen LogP contribution in [0, 0.1) is 29.1 Å². The van der Waals surface area contributed by atoms with Gasteiger partial charge in [-0.15, -0.1) is 0 Å². The maximum atomic E-state index is 13.6. The molecule has 9 nitrogen and oxygen atoms in total. The molecule has 0 aliphatic heterocycles. The second kappa shape index (κ2) is 12.3. The smallest absolute Gasteiger partial charge is 0.355 e. The lowest BCUT2D eigenvalue weighted by Crippen LogP contribution is -2.66. The highest BCUT2D eigenvalue weighted by atomic mass is 32.1. The zero-order chi connectivity index (χ0) is 37.6. The molecule has 3 aromatic heterocycles. The van der Waals surface area contributed by atoms with Crippen LogP contribution in [-0.4, -0.2) is 49.4 Å². The van der Waals surface area contributed by atoms with Gasteiger partial charge in [-0.3, -0.25) is 14.8 Å². The van der Waals surface area contributed by atoms with Crippen molar-refractivity contribution >= 4 is 49.3 Å². The number of nitrogens with zero attached hydrogens (tertiary/aromatic N) is 4. The number of benzene rings is 3. The minimum Gasteiger partial charge on any atom is -0.476 e. The van der Waals surface area contributed by atoms with E-state index >= 15 is 0 Å². The second-order valence-electron chi connectivity index (χ2n) is 17.2.